The molecule has 0 spiro atoms. The van der Waals surface area contributed by atoms with Crippen LogP contribution in [0.1, 0.15) is 13.3 Å². The molecule has 0 saturated heterocycles. The second kappa shape index (κ2) is 5.19. The van der Waals surface area contributed by atoms with E-state index in [1.807, 2.05) is 17.8 Å². The molecule has 0 unspecified atom stereocenters. The SMILES string of the molecule is CCCSC[n+]1ccccc1. The van der Waals surface area contributed by atoms with Crippen LogP contribution in [0.15, 0.2) is 30.6 Å². The van der Waals surface area contributed by atoms with Crippen LogP contribution in [0.4, 0.5) is 0 Å². The molecule has 1 aromatic heterocycles. The Balaban J connectivity index is 2.28. The van der Waals surface area contributed by atoms with Gasteiger partial charge in [-0.15, -0.1) is 0 Å². The van der Waals surface area contributed by atoms with Crippen molar-refractivity contribution >= 4 is 11.8 Å². The van der Waals surface area contributed by atoms with E-state index in [0.717, 1.165) is 5.88 Å². The molecular weight excluding hydrogens is 154 g/mol. The van der Waals surface area contributed by atoms with Crippen LogP contribution in [-0.4, -0.2) is 5.75 Å². The molecular formula is C9H14NS+. The number of rotatable bonds is 4. The summed E-state index contributed by atoms with van der Waals surface area (Å²) in [5.74, 6) is 2.33. The van der Waals surface area contributed by atoms with Gasteiger partial charge in [0, 0.05) is 12.1 Å². The zero-order valence-corrected chi connectivity index (χ0v) is 7.68. The Labute approximate surface area is 72.4 Å². The molecule has 1 rings (SSSR count). The van der Waals surface area contributed by atoms with Gasteiger partial charge < -0.3 is 0 Å². The molecule has 0 bridgehead atoms. The van der Waals surface area contributed by atoms with Gasteiger partial charge in [-0.3, -0.25) is 0 Å². The molecule has 0 N–H and O–H groups in total. The van der Waals surface area contributed by atoms with E-state index in [-0.39, 0.29) is 0 Å². The summed E-state index contributed by atoms with van der Waals surface area (Å²) in [5.41, 5.74) is 0. The average Bonchev–Trinajstić information content (AvgIpc) is 2.07. The lowest BCUT2D eigenvalue weighted by molar-refractivity contribution is -0.675. The first-order valence-corrected chi connectivity index (χ1v) is 5.11. The molecule has 0 aliphatic rings. The third-order valence-corrected chi connectivity index (χ3v) is 2.54. The Hall–Kier alpha value is -0.500. The molecule has 60 valence electrons. The van der Waals surface area contributed by atoms with E-state index in [4.69, 9.17) is 0 Å². The van der Waals surface area contributed by atoms with Crippen molar-refractivity contribution in [3.63, 3.8) is 0 Å². The summed E-state index contributed by atoms with van der Waals surface area (Å²) in [6.45, 7) is 2.21. The highest BCUT2D eigenvalue weighted by atomic mass is 32.2. The molecule has 0 amide bonds. The van der Waals surface area contributed by atoms with E-state index >= 15 is 0 Å². The first-order valence-electron chi connectivity index (χ1n) is 3.95. The summed E-state index contributed by atoms with van der Waals surface area (Å²) < 4.78 is 2.19. The fourth-order valence-electron chi connectivity index (χ4n) is 0.835. The minimum Gasteiger partial charge on any atom is -0.195 e. The van der Waals surface area contributed by atoms with Crippen molar-refractivity contribution in [3.8, 4) is 0 Å². The van der Waals surface area contributed by atoms with Crippen molar-refractivity contribution in [1.29, 1.82) is 0 Å². The summed E-state index contributed by atoms with van der Waals surface area (Å²) in [4.78, 5) is 0. The maximum atomic E-state index is 2.21. The van der Waals surface area contributed by atoms with Crippen LogP contribution < -0.4 is 4.57 Å². The Morgan fingerprint density at radius 3 is 2.55 bits per heavy atom. The van der Waals surface area contributed by atoms with Crippen LogP contribution in [0.2, 0.25) is 0 Å². The van der Waals surface area contributed by atoms with Crippen LogP contribution in [0.25, 0.3) is 0 Å². The molecule has 0 aliphatic heterocycles. The Bertz CT molecular complexity index is 186. The predicted molar refractivity (Wildman–Crippen MR) is 49.4 cm³/mol. The van der Waals surface area contributed by atoms with Crippen molar-refractivity contribution in [3.05, 3.63) is 30.6 Å². The highest BCUT2D eigenvalue weighted by Gasteiger charge is 1.95. The van der Waals surface area contributed by atoms with Crippen molar-refractivity contribution in [2.24, 2.45) is 0 Å². The predicted octanol–water partition coefficient (Wildman–Crippen LogP) is 2.07. The van der Waals surface area contributed by atoms with Crippen molar-refractivity contribution in [2.45, 2.75) is 19.2 Å². The van der Waals surface area contributed by atoms with Crippen LogP contribution >= 0.6 is 11.8 Å². The van der Waals surface area contributed by atoms with Gasteiger partial charge in [-0.2, -0.15) is 4.57 Å². The molecule has 2 heteroatoms. The lowest BCUT2D eigenvalue weighted by Gasteiger charge is -1.93. The summed E-state index contributed by atoms with van der Waals surface area (Å²) in [7, 11) is 0. The minimum absolute atomic E-state index is 1.08. The number of hydrogen-bond donors (Lipinski definition) is 0. The number of nitrogens with zero attached hydrogens (tertiary/aromatic N) is 1. The van der Waals surface area contributed by atoms with Gasteiger partial charge in [-0.1, -0.05) is 24.8 Å². The summed E-state index contributed by atoms with van der Waals surface area (Å²) in [6, 6.07) is 6.17. The van der Waals surface area contributed by atoms with E-state index in [9.17, 15) is 0 Å². The second-order valence-electron chi connectivity index (χ2n) is 2.43. The third-order valence-electron chi connectivity index (χ3n) is 1.37. The van der Waals surface area contributed by atoms with Crippen LogP contribution in [0, 0.1) is 0 Å². The molecule has 0 radical (unpaired) electrons. The van der Waals surface area contributed by atoms with Gasteiger partial charge in [0.25, 0.3) is 0 Å². The Morgan fingerprint density at radius 2 is 1.91 bits per heavy atom. The third kappa shape index (κ3) is 3.42. The van der Waals surface area contributed by atoms with Gasteiger partial charge in [0.15, 0.2) is 18.3 Å². The number of aromatic nitrogens is 1. The van der Waals surface area contributed by atoms with Crippen LogP contribution in [-0.2, 0) is 5.88 Å². The van der Waals surface area contributed by atoms with Gasteiger partial charge >= 0.3 is 0 Å². The fourth-order valence-corrected chi connectivity index (χ4v) is 1.64. The molecule has 0 saturated carbocycles. The van der Waals surface area contributed by atoms with E-state index in [0.29, 0.717) is 0 Å². The Morgan fingerprint density at radius 1 is 1.18 bits per heavy atom. The summed E-state index contributed by atoms with van der Waals surface area (Å²) in [5, 5.41) is 0. The van der Waals surface area contributed by atoms with Gasteiger partial charge in [0.2, 0.25) is 0 Å². The van der Waals surface area contributed by atoms with Gasteiger partial charge in [-0.25, -0.2) is 0 Å². The van der Waals surface area contributed by atoms with E-state index in [2.05, 4.69) is 36.0 Å². The standard InChI is InChI=1S/C9H14NS/c1-2-8-11-9-10-6-4-3-5-7-10/h3-7H,2,8-9H2,1H3/q+1. The lowest BCUT2D eigenvalue weighted by Crippen LogP contribution is -2.30. The maximum absolute atomic E-state index is 2.21. The minimum atomic E-state index is 1.08. The van der Waals surface area contributed by atoms with Gasteiger partial charge in [0.05, 0.1) is 0 Å². The lowest BCUT2D eigenvalue weighted by atomic mass is 10.5. The molecule has 11 heavy (non-hydrogen) atoms. The molecule has 0 aromatic carbocycles. The highest BCUT2D eigenvalue weighted by molar-refractivity contribution is 7.98. The summed E-state index contributed by atoms with van der Waals surface area (Å²) in [6.07, 6.45) is 5.46. The number of thioether (sulfide) groups is 1. The molecule has 0 fully saturated rings. The quantitative estimate of drug-likeness (QED) is 0.492. The first-order chi connectivity index (χ1) is 5.43. The zero-order chi connectivity index (χ0) is 7.94. The molecule has 1 aromatic rings. The summed E-state index contributed by atoms with van der Waals surface area (Å²) >= 11 is 1.97. The molecule has 1 heterocycles. The number of hydrogen-bond acceptors (Lipinski definition) is 1. The monoisotopic (exact) mass is 168 g/mol. The molecule has 0 atom stereocenters. The van der Waals surface area contributed by atoms with Gasteiger partial charge in [0.1, 0.15) is 0 Å². The largest absolute Gasteiger partial charge is 0.195 e. The molecule has 1 nitrogen and oxygen atoms in total. The smallest absolute Gasteiger partial charge is 0.194 e. The highest BCUT2D eigenvalue weighted by Crippen LogP contribution is 2.00. The normalized spacial score (nSPS) is 9.91. The Kier molecular flexibility index (Phi) is 4.06. The maximum Gasteiger partial charge on any atom is 0.194 e. The number of pyridine rings is 1. The van der Waals surface area contributed by atoms with Crippen LogP contribution in [0.3, 0.4) is 0 Å². The van der Waals surface area contributed by atoms with E-state index in [1.54, 1.807) is 0 Å². The zero-order valence-electron chi connectivity index (χ0n) is 6.86. The van der Waals surface area contributed by atoms with E-state index < -0.39 is 0 Å². The second-order valence-corrected chi connectivity index (χ2v) is 3.50. The first kappa shape index (κ1) is 8.60. The van der Waals surface area contributed by atoms with Crippen LogP contribution in [0.5, 0.6) is 0 Å². The average molecular weight is 168 g/mol. The van der Waals surface area contributed by atoms with Gasteiger partial charge in [-0.05, 0) is 12.2 Å². The van der Waals surface area contributed by atoms with E-state index in [1.165, 1.54) is 12.2 Å². The van der Waals surface area contributed by atoms with Crippen molar-refractivity contribution < 1.29 is 4.57 Å². The van der Waals surface area contributed by atoms with Crippen molar-refractivity contribution in [2.75, 3.05) is 5.75 Å². The molecule has 0 aliphatic carbocycles. The van der Waals surface area contributed by atoms with Crippen molar-refractivity contribution in [1.82, 2.24) is 0 Å². The fraction of sp³-hybridized carbons (Fsp3) is 0.444. The topological polar surface area (TPSA) is 3.88 Å².